The predicted octanol–water partition coefficient (Wildman–Crippen LogP) is 5.85. The molecule has 29 heavy (non-hydrogen) atoms. The van der Waals surface area contributed by atoms with Crippen LogP contribution in [0, 0.1) is 0 Å². The first-order chi connectivity index (χ1) is 14.1. The molecule has 0 fully saturated rings. The van der Waals surface area contributed by atoms with Gasteiger partial charge < -0.3 is 4.74 Å². The van der Waals surface area contributed by atoms with Gasteiger partial charge >= 0.3 is 0 Å². The van der Waals surface area contributed by atoms with Crippen LogP contribution in [-0.4, -0.2) is 23.0 Å². The lowest BCUT2D eigenvalue weighted by molar-refractivity contribution is 0.0985. The first-order valence-corrected chi connectivity index (χ1v) is 10.2. The number of fused-ring (bicyclic) bond motifs is 1. The first kappa shape index (κ1) is 19.6. The highest BCUT2D eigenvalue weighted by atomic mass is 35.5. The normalized spacial score (nSPS) is 10.9. The minimum absolute atomic E-state index is 0.256. The van der Waals surface area contributed by atoms with Gasteiger partial charge in [0.05, 0.1) is 34.0 Å². The zero-order valence-electron chi connectivity index (χ0n) is 15.3. The number of methoxy groups -OCH3 is 1. The molecule has 0 aliphatic carbocycles. The minimum atomic E-state index is -0.256. The van der Waals surface area contributed by atoms with Crippen LogP contribution in [0.2, 0.25) is 10.0 Å². The van der Waals surface area contributed by atoms with E-state index in [9.17, 15) is 4.79 Å². The number of amides is 1. The van der Waals surface area contributed by atoms with E-state index in [-0.39, 0.29) is 12.5 Å². The van der Waals surface area contributed by atoms with Crippen molar-refractivity contribution in [3.05, 3.63) is 82.1 Å². The van der Waals surface area contributed by atoms with Crippen molar-refractivity contribution in [1.82, 2.24) is 9.97 Å². The van der Waals surface area contributed by atoms with Crippen molar-refractivity contribution in [3.8, 4) is 5.75 Å². The average molecular weight is 444 g/mol. The van der Waals surface area contributed by atoms with Crippen LogP contribution in [0.1, 0.15) is 15.9 Å². The maximum atomic E-state index is 13.4. The van der Waals surface area contributed by atoms with E-state index in [0.717, 1.165) is 10.3 Å². The number of hydrogen-bond donors (Lipinski definition) is 0. The summed E-state index contributed by atoms with van der Waals surface area (Å²) < 4.78 is 6.16. The number of aromatic nitrogens is 2. The maximum Gasteiger partial charge on any atom is 0.261 e. The summed E-state index contributed by atoms with van der Waals surface area (Å²) in [6, 6.07) is 14.2. The largest absolute Gasteiger partial charge is 0.494 e. The number of pyridine rings is 1. The van der Waals surface area contributed by atoms with Gasteiger partial charge in [-0.25, -0.2) is 4.98 Å². The molecular formula is C21H15Cl2N3O2S. The molecule has 0 bridgehead atoms. The van der Waals surface area contributed by atoms with E-state index < -0.39 is 0 Å². The predicted molar refractivity (Wildman–Crippen MR) is 117 cm³/mol. The van der Waals surface area contributed by atoms with Gasteiger partial charge in [0.2, 0.25) is 0 Å². The number of carbonyl (C=O) groups is 1. The number of rotatable bonds is 5. The van der Waals surface area contributed by atoms with Crippen molar-refractivity contribution in [3.63, 3.8) is 0 Å². The Morgan fingerprint density at radius 3 is 2.66 bits per heavy atom. The molecule has 8 heteroatoms. The Bertz CT molecular complexity index is 1180. The molecule has 4 aromatic rings. The molecule has 0 saturated carbocycles. The summed E-state index contributed by atoms with van der Waals surface area (Å²) in [6.07, 6.45) is 3.40. The van der Waals surface area contributed by atoms with Crippen molar-refractivity contribution in [1.29, 1.82) is 0 Å². The topological polar surface area (TPSA) is 55.3 Å². The molecule has 0 saturated heterocycles. The molecule has 0 atom stereocenters. The highest BCUT2D eigenvalue weighted by Crippen LogP contribution is 2.39. The summed E-state index contributed by atoms with van der Waals surface area (Å²) in [4.78, 5) is 23.8. The minimum Gasteiger partial charge on any atom is -0.494 e. The van der Waals surface area contributed by atoms with Gasteiger partial charge in [-0.1, -0.05) is 52.7 Å². The van der Waals surface area contributed by atoms with E-state index in [2.05, 4.69) is 9.97 Å². The Hall–Kier alpha value is -2.67. The molecule has 2 aromatic carbocycles. The molecule has 5 nitrogen and oxygen atoms in total. The summed E-state index contributed by atoms with van der Waals surface area (Å²) in [7, 11) is 1.57. The zero-order valence-corrected chi connectivity index (χ0v) is 17.6. The van der Waals surface area contributed by atoms with Gasteiger partial charge in [0.25, 0.3) is 5.91 Å². The zero-order chi connectivity index (χ0) is 20.4. The third kappa shape index (κ3) is 3.92. The van der Waals surface area contributed by atoms with Crippen LogP contribution >= 0.6 is 34.5 Å². The number of hydrogen-bond acceptors (Lipinski definition) is 5. The van der Waals surface area contributed by atoms with Crippen LogP contribution in [0.15, 0.2) is 60.9 Å². The summed E-state index contributed by atoms with van der Waals surface area (Å²) in [5.41, 5.74) is 1.88. The molecule has 2 aromatic heterocycles. The van der Waals surface area contributed by atoms with E-state index in [4.69, 9.17) is 27.9 Å². The Labute approximate surface area is 181 Å². The van der Waals surface area contributed by atoms with E-state index in [1.807, 2.05) is 12.1 Å². The van der Waals surface area contributed by atoms with Gasteiger partial charge in [-0.15, -0.1) is 0 Å². The number of carbonyl (C=O) groups excluding carboxylic acids is 1. The Kier molecular flexibility index (Phi) is 5.67. The van der Waals surface area contributed by atoms with E-state index in [1.54, 1.807) is 60.8 Å². The second-order valence-corrected chi connectivity index (χ2v) is 7.95. The van der Waals surface area contributed by atoms with Crippen LogP contribution in [0.3, 0.4) is 0 Å². The second kappa shape index (κ2) is 8.37. The molecule has 0 unspecified atom stereocenters. The van der Waals surface area contributed by atoms with Gasteiger partial charge in [0.1, 0.15) is 11.3 Å². The van der Waals surface area contributed by atoms with Crippen molar-refractivity contribution >= 4 is 55.8 Å². The molecule has 0 radical (unpaired) electrons. The first-order valence-electron chi connectivity index (χ1n) is 8.67. The van der Waals surface area contributed by atoms with Crippen molar-refractivity contribution < 1.29 is 9.53 Å². The highest BCUT2D eigenvalue weighted by molar-refractivity contribution is 7.23. The molecule has 0 spiro atoms. The fourth-order valence-electron chi connectivity index (χ4n) is 2.90. The van der Waals surface area contributed by atoms with Crippen LogP contribution in [-0.2, 0) is 6.54 Å². The third-order valence-corrected chi connectivity index (χ3v) is 6.18. The SMILES string of the molecule is COc1ccc(Cl)c2sc(N(Cc3cccnc3)C(=O)c3ccccc3Cl)nc12. The maximum absolute atomic E-state index is 13.4. The summed E-state index contributed by atoms with van der Waals surface area (Å²) in [5, 5.41) is 1.43. The molecule has 0 aliphatic rings. The standard InChI is InChI=1S/C21H15Cl2N3O2S/c1-28-17-9-8-16(23)19-18(17)25-21(29-19)26(12-13-5-4-10-24-11-13)20(27)14-6-2-3-7-15(14)22/h2-11H,12H2,1H3. The number of ether oxygens (including phenoxy) is 1. The number of benzene rings is 2. The molecule has 1 amide bonds. The number of anilines is 1. The van der Waals surface area contributed by atoms with Crippen LogP contribution in [0.4, 0.5) is 5.13 Å². The van der Waals surface area contributed by atoms with Gasteiger partial charge in [-0.05, 0) is 35.9 Å². The Balaban J connectivity index is 1.84. The van der Waals surface area contributed by atoms with Crippen molar-refractivity contribution in [2.24, 2.45) is 0 Å². The van der Waals surface area contributed by atoms with Crippen LogP contribution < -0.4 is 9.64 Å². The Morgan fingerprint density at radius 1 is 1.10 bits per heavy atom. The average Bonchev–Trinajstić information content (AvgIpc) is 3.19. The molecule has 0 N–H and O–H groups in total. The third-order valence-electron chi connectivity index (χ3n) is 4.31. The van der Waals surface area contributed by atoms with Gasteiger partial charge in [0.15, 0.2) is 5.13 Å². The number of halogens is 2. The molecular weight excluding hydrogens is 429 g/mol. The van der Waals surface area contributed by atoms with Gasteiger partial charge in [-0.2, -0.15) is 0 Å². The smallest absolute Gasteiger partial charge is 0.261 e. The van der Waals surface area contributed by atoms with Crippen molar-refractivity contribution in [2.75, 3.05) is 12.0 Å². The number of thiazole rings is 1. The van der Waals surface area contributed by atoms with E-state index >= 15 is 0 Å². The second-order valence-electron chi connectivity index (χ2n) is 6.16. The lowest BCUT2D eigenvalue weighted by atomic mass is 10.2. The van der Waals surface area contributed by atoms with Crippen LogP contribution in [0.5, 0.6) is 5.75 Å². The molecule has 4 rings (SSSR count). The van der Waals surface area contributed by atoms with Crippen LogP contribution in [0.25, 0.3) is 10.2 Å². The Morgan fingerprint density at radius 2 is 1.93 bits per heavy atom. The quantitative estimate of drug-likeness (QED) is 0.387. The summed E-state index contributed by atoms with van der Waals surface area (Å²) in [5.74, 6) is 0.340. The lowest BCUT2D eigenvalue weighted by Gasteiger charge is -2.20. The van der Waals surface area contributed by atoms with E-state index in [0.29, 0.717) is 32.0 Å². The fourth-order valence-corrected chi connectivity index (χ4v) is 4.37. The molecule has 146 valence electrons. The van der Waals surface area contributed by atoms with Gasteiger partial charge in [-0.3, -0.25) is 14.7 Å². The molecule has 0 aliphatic heterocycles. The van der Waals surface area contributed by atoms with Crippen molar-refractivity contribution in [2.45, 2.75) is 6.54 Å². The highest BCUT2D eigenvalue weighted by Gasteiger charge is 2.25. The summed E-state index contributed by atoms with van der Waals surface area (Å²) in [6.45, 7) is 0.289. The molecule has 2 heterocycles. The summed E-state index contributed by atoms with van der Waals surface area (Å²) >= 11 is 14.0. The van der Waals surface area contributed by atoms with E-state index in [1.165, 1.54) is 11.3 Å². The lowest BCUT2D eigenvalue weighted by Crippen LogP contribution is -2.30. The fraction of sp³-hybridized carbons (Fsp3) is 0.0952. The van der Waals surface area contributed by atoms with Gasteiger partial charge in [0, 0.05) is 12.4 Å². The number of nitrogens with zero attached hydrogens (tertiary/aromatic N) is 3. The monoisotopic (exact) mass is 443 g/mol.